The number of alkyl halides is 2. The van der Waals surface area contributed by atoms with E-state index in [1.165, 1.54) is 12.1 Å². The van der Waals surface area contributed by atoms with E-state index in [1.54, 1.807) is 13.8 Å². The van der Waals surface area contributed by atoms with Crippen LogP contribution in [-0.4, -0.2) is 5.78 Å². The lowest BCUT2D eigenvalue weighted by Gasteiger charge is -2.19. The molecule has 0 spiro atoms. The maximum absolute atomic E-state index is 14.0. The lowest BCUT2D eigenvalue weighted by Crippen LogP contribution is -2.24. The third-order valence-corrected chi connectivity index (χ3v) is 3.26. The Balaban J connectivity index is 2.26. The second-order valence-corrected chi connectivity index (χ2v) is 5.39. The maximum atomic E-state index is 14.0. The average molecular weight is 344 g/mol. The van der Waals surface area contributed by atoms with Gasteiger partial charge in [-0.15, -0.1) is 0 Å². The van der Waals surface area contributed by atoms with Crippen LogP contribution in [0.4, 0.5) is 22.0 Å². The lowest BCUT2D eigenvalue weighted by atomic mass is 10.0. The number of hydrogen-bond donors (Lipinski definition) is 0. The van der Waals surface area contributed by atoms with Gasteiger partial charge in [-0.25, -0.2) is 13.2 Å². The van der Waals surface area contributed by atoms with Gasteiger partial charge < -0.3 is 4.74 Å². The number of Topliss-reactive ketones (excluding diaryl/α,β-unsaturated/α-hetero) is 1. The molecular weight excluding hydrogens is 331 g/mol. The van der Waals surface area contributed by atoms with E-state index in [0.717, 1.165) is 12.1 Å². The molecular formula is C17H13F5O2. The fourth-order valence-electron chi connectivity index (χ4n) is 1.97. The van der Waals surface area contributed by atoms with Gasteiger partial charge in [-0.1, -0.05) is 13.8 Å². The molecule has 0 fully saturated rings. The number of ketones is 1. The number of carbonyl (C=O) groups excluding carboxylic acids is 1. The van der Waals surface area contributed by atoms with Gasteiger partial charge in [0.1, 0.15) is 11.3 Å². The van der Waals surface area contributed by atoms with Gasteiger partial charge in [-0.05, 0) is 36.4 Å². The zero-order chi connectivity index (χ0) is 18.1. The van der Waals surface area contributed by atoms with Crippen LogP contribution < -0.4 is 4.74 Å². The van der Waals surface area contributed by atoms with Crippen molar-refractivity contribution in [3.8, 4) is 5.75 Å². The summed E-state index contributed by atoms with van der Waals surface area (Å²) < 4.78 is 71.8. The van der Waals surface area contributed by atoms with Gasteiger partial charge in [-0.3, -0.25) is 4.79 Å². The molecule has 128 valence electrons. The highest BCUT2D eigenvalue weighted by atomic mass is 19.3. The summed E-state index contributed by atoms with van der Waals surface area (Å²) >= 11 is 0. The molecule has 0 saturated heterocycles. The van der Waals surface area contributed by atoms with E-state index in [0.29, 0.717) is 17.7 Å². The third kappa shape index (κ3) is 3.55. The molecule has 0 aliphatic carbocycles. The van der Waals surface area contributed by atoms with E-state index in [-0.39, 0.29) is 17.5 Å². The molecule has 2 aromatic carbocycles. The topological polar surface area (TPSA) is 26.3 Å². The molecule has 2 nitrogen and oxygen atoms in total. The summed E-state index contributed by atoms with van der Waals surface area (Å²) in [6.07, 6.45) is -4.22. The summed E-state index contributed by atoms with van der Waals surface area (Å²) in [5, 5.41) is 0. The monoisotopic (exact) mass is 344 g/mol. The van der Waals surface area contributed by atoms with Crippen LogP contribution in [0.1, 0.15) is 29.8 Å². The summed E-state index contributed by atoms with van der Waals surface area (Å²) in [6.45, 7) is 3.37. The molecule has 0 unspecified atom stereocenters. The second-order valence-electron chi connectivity index (χ2n) is 5.39. The molecule has 0 amide bonds. The maximum Gasteiger partial charge on any atom is 0.429 e. The van der Waals surface area contributed by atoms with Crippen molar-refractivity contribution >= 4 is 5.78 Å². The van der Waals surface area contributed by atoms with E-state index >= 15 is 0 Å². The zero-order valence-corrected chi connectivity index (χ0v) is 12.7. The average Bonchev–Trinajstić information content (AvgIpc) is 2.52. The van der Waals surface area contributed by atoms with Crippen LogP contribution in [0.25, 0.3) is 0 Å². The Morgan fingerprint density at radius 1 is 0.958 bits per heavy atom. The third-order valence-electron chi connectivity index (χ3n) is 3.26. The van der Waals surface area contributed by atoms with E-state index in [2.05, 4.69) is 4.74 Å². The zero-order valence-electron chi connectivity index (χ0n) is 12.7. The van der Waals surface area contributed by atoms with Gasteiger partial charge in [-0.2, -0.15) is 8.78 Å². The number of rotatable bonds is 5. The van der Waals surface area contributed by atoms with Crippen molar-refractivity contribution in [1.82, 2.24) is 0 Å². The van der Waals surface area contributed by atoms with Gasteiger partial charge in [0.25, 0.3) is 0 Å². The van der Waals surface area contributed by atoms with Crippen molar-refractivity contribution in [2.24, 2.45) is 5.92 Å². The Morgan fingerprint density at radius 2 is 1.54 bits per heavy atom. The molecule has 0 aromatic heterocycles. The van der Waals surface area contributed by atoms with Crippen LogP contribution in [0.5, 0.6) is 5.75 Å². The molecule has 0 aliphatic heterocycles. The number of hydrogen-bond acceptors (Lipinski definition) is 2. The van der Waals surface area contributed by atoms with Gasteiger partial charge in [0.15, 0.2) is 23.2 Å². The molecule has 0 radical (unpaired) electrons. The standard InChI is InChI=1S/C17H13F5O2/c1-9(2)16(23)10-3-5-11(6-4-10)24-17(21,22)12-7-8-13(18)15(20)14(12)19/h3-9H,1-2H3. The molecule has 0 saturated carbocycles. The first kappa shape index (κ1) is 17.9. The first-order valence-electron chi connectivity index (χ1n) is 6.98. The van der Waals surface area contributed by atoms with Gasteiger partial charge >= 0.3 is 6.11 Å². The molecule has 0 aliphatic rings. The minimum atomic E-state index is -4.22. The van der Waals surface area contributed by atoms with Crippen LogP contribution in [0, 0.1) is 23.4 Å². The van der Waals surface area contributed by atoms with Crippen LogP contribution in [0.2, 0.25) is 0 Å². The van der Waals surface area contributed by atoms with Crippen LogP contribution in [0.3, 0.4) is 0 Å². The first-order chi connectivity index (χ1) is 11.1. The van der Waals surface area contributed by atoms with Gasteiger partial charge in [0.05, 0.1) is 0 Å². The summed E-state index contributed by atoms with van der Waals surface area (Å²) in [6, 6.07) is 5.59. The van der Waals surface area contributed by atoms with Crippen LogP contribution in [-0.2, 0) is 6.11 Å². The van der Waals surface area contributed by atoms with Crippen LogP contribution in [0.15, 0.2) is 36.4 Å². The smallest absolute Gasteiger partial charge is 0.429 e. The quantitative estimate of drug-likeness (QED) is 0.430. The molecule has 0 atom stereocenters. The normalized spacial score (nSPS) is 11.7. The number of carbonyl (C=O) groups is 1. The van der Waals surface area contributed by atoms with Crippen molar-refractivity contribution in [3.05, 3.63) is 65.0 Å². The van der Waals surface area contributed by atoms with Crippen LogP contribution >= 0.6 is 0 Å². The predicted octanol–water partition coefficient (Wildman–Crippen LogP) is 5.07. The van der Waals surface area contributed by atoms with Crippen molar-refractivity contribution in [3.63, 3.8) is 0 Å². The van der Waals surface area contributed by atoms with Crippen molar-refractivity contribution < 1.29 is 31.5 Å². The molecule has 7 heteroatoms. The minimum absolute atomic E-state index is 0.181. The number of benzene rings is 2. The van der Waals surface area contributed by atoms with E-state index in [9.17, 15) is 26.7 Å². The highest BCUT2D eigenvalue weighted by Gasteiger charge is 2.39. The van der Waals surface area contributed by atoms with E-state index < -0.39 is 29.1 Å². The molecule has 2 rings (SSSR count). The summed E-state index contributed by atoms with van der Waals surface area (Å²) in [7, 11) is 0. The molecule has 0 bridgehead atoms. The molecule has 0 N–H and O–H groups in total. The molecule has 2 aromatic rings. The Labute approximate surface area is 134 Å². The van der Waals surface area contributed by atoms with Crippen molar-refractivity contribution in [1.29, 1.82) is 0 Å². The van der Waals surface area contributed by atoms with E-state index in [1.807, 2.05) is 0 Å². The number of ether oxygens (including phenoxy) is 1. The Hall–Kier alpha value is -2.44. The Kier molecular flexibility index (Phi) is 4.91. The van der Waals surface area contributed by atoms with Crippen molar-refractivity contribution in [2.75, 3.05) is 0 Å². The van der Waals surface area contributed by atoms with Gasteiger partial charge in [0.2, 0.25) is 0 Å². The van der Waals surface area contributed by atoms with E-state index in [4.69, 9.17) is 0 Å². The lowest BCUT2D eigenvalue weighted by molar-refractivity contribution is -0.187. The number of halogens is 5. The largest absolute Gasteiger partial charge is 0.429 e. The fourth-order valence-corrected chi connectivity index (χ4v) is 1.97. The van der Waals surface area contributed by atoms with Crippen molar-refractivity contribution in [2.45, 2.75) is 20.0 Å². The second kappa shape index (κ2) is 6.59. The molecule has 0 heterocycles. The minimum Gasteiger partial charge on any atom is -0.429 e. The fraction of sp³-hybridized carbons (Fsp3) is 0.235. The SMILES string of the molecule is CC(C)C(=O)c1ccc(OC(F)(F)c2ccc(F)c(F)c2F)cc1. The highest BCUT2D eigenvalue weighted by Crippen LogP contribution is 2.34. The molecule has 24 heavy (non-hydrogen) atoms. The highest BCUT2D eigenvalue weighted by molar-refractivity contribution is 5.97. The summed E-state index contributed by atoms with van der Waals surface area (Å²) in [5.74, 6) is -6.41. The predicted molar refractivity (Wildman–Crippen MR) is 76.4 cm³/mol. The first-order valence-corrected chi connectivity index (χ1v) is 6.98. The summed E-state index contributed by atoms with van der Waals surface area (Å²) in [4.78, 5) is 11.8. The Morgan fingerprint density at radius 3 is 2.08 bits per heavy atom. The van der Waals surface area contributed by atoms with Gasteiger partial charge in [0, 0.05) is 11.5 Å². The summed E-state index contributed by atoms with van der Waals surface area (Å²) in [5.41, 5.74) is -1.12. The Bertz CT molecular complexity index is 754.